The van der Waals surface area contributed by atoms with Crippen molar-refractivity contribution >= 4 is 11.9 Å². The molecule has 7 heteroatoms. The number of carbonyl (C=O) groups excluding carboxylic acids is 2. The van der Waals surface area contributed by atoms with Crippen LogP contribution >= 0.6 is 0 Å². The van der Waals surface area contributed by atoms with Gasteiger partial charge in [0.1, 0.15) is 5.76 Å². The van der Waals surface area contributed by atoms with E-state index in [1.807, 2.05) is 26.0 Å². The summed E-state index contributed by atoms with van der Waals surface area (Å²) < 4.78 is 10.3. The van der Waals surface area contributed by atoms with Gasteiger partial charge in [-0.3, -0.25) is 4.79 Å². The van der Waals surface area contributed by atoms with Crippen LogP contribution in [0, 0.1) is 6.92 Å². The third kappa shape index (κ3) is 5.49. The molecule has 7 nitrogen and oxygen atoms in total. The molecule has 0 saturated heterocycles. The van der Waals surface area contributed by atoms with Crippen LogP contribution < -0.4 is 16.0 Å². The monoisotopic (exact) mass is 333 g/mol. The quantitative estimate of drug-likeness (QED) is 0.645. The zero-order valence-electron chi connectivity index (χ0n) is 13.9. The van der Waals surface area contributed by atoms with Gasteiger partial charge >= 0.3 is 6.03 Å². The first-order valence-electron chi connectivity index (χ1n) is 7.95. The number of aryl methyl sites for hydroxylation is 1. The lowest BCUT2D eigenvalue weighted by Gasteiger charge is -2.13. The summed E-state index contributed by atoms with van der Waals surface area (Å²) in [6.45, 7) is 4.65. The topological polar surface area (TPSA) is 96.5 Å². The second kappa shape index (κ2) is 8.81. The first kappa shape index (κ1) is 17.7. The molecule has 0 bridgehead atoms. The minimum atomic E-state index is -0.242. The lowest BCUT2D eigenvalue weighted by Crippen LogP contribution is -2.42. The van der Waals surface area contributed by atoms with E-state index in [2.05, 4.69) is 16.0 Å². The Hall–Kier alpha value is -2.70. The van der Waals surface area contributed by atoms with Gasteiger partial charge in [-0.2, -0.15) is 0 Å². The fraction of sp³-hybridized carbons (Fsp3) is 0.412. The fourth-order valence-corrected chi connectivity index (χ4v) is 2.23. The summed E-state index contributed by atoms with van der Waals surface area (Å²) in [5.41, 5.74) is 0.801. The molecule has 2 aromatic heterocycles. The average molecular weight is 333 g/mol. The van der Waals surface area contributed by atoms with Crippen LogP contribution in [0.5, 0.6) is 0 Å². The molecule has 0 unspecified atom stereocenters. The van der Waals surface area contributed by atoms with E-state index >= 15 is 0 Å². The number of amides is 3. The Kier molecular flexibility index (Phi) is 6.48. The molecule has 2 rings (SSSR count). The van der Waals surface area contributed by atoms with Crippen molar-refractivity contribution < 1.29 is 18.4 Å². The highest BCUT2D eigenvalue weighted by atomic mass is 16.3. The van der Waals surface area contributed by atoms with Crippen LogP contribution in [-0.2, 0) is 6.42 Å². The van der Waals surface area contributed by atoms with Gasteiger partial charge in [-0.25, -0.2) is 4.79 Å². The first-order chi connectivity index (χ1) is 11.6. The fourth-order valence-electron chi connectivity index (χ4n) is 2.23. The summed E-state index contributed by atoms with van der Waals surface area (Å²) in [5.74, 6) is 0.917. The maximum Gasteiger partial charge on any atom is 0.315 e. The summed E-state index contributed by atoms with van der Waals surface area (Å²) in [6, 6.07) is 5.17. The van der Waals surface area contributed by atoms with Crippen LogP contribution in [-0.4, -0.2) is 31.1 Å². The Balaban J connectivity index is 1.56. The summed E-state index contributed by atoms with van der Waals surface area (Å²) in [7, 11) is 0. The SMILES string of the molecule is Cc1ccoc1C(=O)NCCCNC(=O)N[C@@H](C)Cc1ccco1. The van der Waals surface area contributed by atoms with Crippen molar-refractivity contribution in [3.8, 4) is 0 Å². The van der Waals surface area contributed by atoms with E-state index in [4.69, 9.17) is 8.83 Å². The van der Waals surface area contributed by atoms with Crippen molar-refractivity contribution in [1.29, 1.82) is 0 Å². The number of hydrogen-bond acceptors (Lipinski definition) is 4. The highest BCUT2D eigenvalue weighted by molar-refractivity contribution is 5.92. The molecule has 0 aliphatic heterocycles. The highest BCUT2D eigenvalue weighted by Gasteiger charge is 2.12. The Morgan fingerprint density at radius 1 is 1.12 bits per heavy atom. The number of hydrogen-bond donors (Lipinski definition) is 3. The minimum absolute atomic E-state index is 0.0298. The second-order valence-corrected chi connectivity index (χ2v) is 5.63. The van der Waals surface area contributed by atoms with Crippen molar-refractivity contribution in [2.75, 3.05) is 13.1 Å². The van der Waals surface area contributed by atoms with Crippen molar-refractivity contribution in [3.63, 3.8) is 0 Å². The number of urea groups is 1. The van der Waals surface area contributed by atoms with Crippen LogP contribution in [0.25, 0.3) is 0 Å². The number of rotatable bonds is 8. The molecule has 2 heterocycles. The van der Waals surface area contributed by atoms with E-state index in [0.717, 1.165) is 11.3 Å². The van der Waals surface area contributed by atoms with Gasteiger partial charge in [0, 0.05) is 31.1 Å². The smallest absolute Gasteiger partial charge is 0.315 e. The number of furan rings is 2. The molecular weight excluding hydrogens is 310 g/mol. The lowest BCUT2D eigenvalue weighted by atomic mass is 10.2. The summed E-state index contributed by atoms with van der Waals surface area (Å²) >= 11 is 0. The number of carbonyl (C=O) groups is 2. The molecule has 0 aliphatic rings. The van der Waals surface area contributed by atoms with Crippen molar-refractivity contribution in [2.24, 2.45) is 0 Å². The van der Waals surface area contributed by atoms with Crippen molar-refractivity contribution in [2.45, 2.75) is 32.7 Å². The van der Waals surface area contributed by atoms with Gasteiger partial charge in [-0.1, -0.05) is 0 Å². The normalized spacial score (nSPS) is 11.8. The minimum Gasteiger partial charge on any atom is -0.469 e. The lowest BCUT2D eigenvalue weighted by molar-refractivity contribution is 0.0925. The predicted octanol–water partition coefficient (Wildman–Crippen LogP) is 2.23. The Morgan fingerprint density at radius 2 is 1.92 bits per heavy atom. The van der Waals surface area contributed by atoms with Gasteiger partial charge in [0.05, 0.1) is 12.5 Å². The second-order valence-electron chi connectivity index (χ2n) is 5.63. The molecule has 0 aromatic carbocycles. The van der Waals surface area contributed by atoms with Gasteiger partial charge in [0.15, 0.2) is 5.76 Å². The maximum absolute atomic E-state index is 11.8. The molecule has 24 heavy (non-hydrogen) atoms. The number of nitrogens with one attached hydrogen (secondary N) is 3. The molecule has 0 aliphatic carbocycles. The third-order valence-corrected chi connectivity index (χ3v) is 3.46. The van der Waals surface area contributed by atoms with Gasteiger partial charge in [-0.15, -0.1) is 0 Å². The standard InChI is InChI=1S/C17H23N3O4/c1-12-6-10-24-15(12)16(21)18-7-4-8-19-17(22)20-13(2)11-14-5-3-9-23-14/h3,5-6,9-10,13H,4,7-8,11H2,1-2H3,(H,18,21)(H2,19,20,22)/t13-/m0/s1. The molecule has 0 spiro atoms. The summed E-state index contributed by atoms with van der Waals surface area (Å²) in [4.78, 5) is 23.6. The average Bonchev–Trinajstić information content (AvgIpc) is 3.18. The largest absolute Gasteiger partial charge is 0.469 e. The zero-order chi connectivity index (χ0) is 17.4. The molecule has 3 amide bonds. The van der Waals surface area contributed by atoms with Crippen LogP contribution in [0.15, 0.2) is 39.6 Å². The molecule has 130 valence electrons. The van der Waals surface area contributed by atoms with Crippen molar-refractivity contribution in [1.82, 2.24) is 16.0 Å². The van der Waals surface area contributed by atoms with E-state index in [9.17, 15) is 9.59 Å². The molecule has 2 aromatic rings. The maximum atomic E-state index is 11.8. The van der Waals surface area contributed by atoms with Crippen LogP contribution in [0.4, 0.5) is 4.79 Å². The Bertz CT molecular complexity index is 649. The van der Waals surface area contributed by atoms with E-state index < -0.39 is 0 Å². The van der Waals surface area contributed by atoms with Gasteiger partial charge in [0.25, 0.3) is 5.91 Å². The summed E-state index contributed by atoms with van der Waals surface area (Å²) in [5, 5.41) is 8.35. The Morgan fingerprint density at radius 3 is 2.58 bits per heavy atom. The van der Waals surface area contributed by atoms with Gasteiger partial charge < -0.3 is 24.8 Å². The molecule has 1 atom stereocenters. The van der Waals surface area contributed by atoms with E-state index in [1.54, 1.807) is 12.3 Å². The third-order valence-electron chi connectivity index (χ3n) is 3.46. The van der Waals surface area contributed by atoms with E-state index in [1.165, 1.54) is 6.26 Å². The Labute approximate surface area is 140 Å². The van der Waals surface area contributed by atoms with Gasteiger partial charge in [-0.05, 0) is 38.5 Å². The van der Waals surface area contributed by atoms with E-state index in [0.29, 0.717) is 31.7 Å². The van der Waals surface area contributed by atoms with E-state index in [-0.39, 0.29) is 18.0 Å². The van der Waals surface area contributed by atoms with Crippen LogP contribution in [0.3, 0.4) is 0 Å². The molecule has 3 N–H and O–H groups in total. The van der Waals surface area contributed by atoms with Crippen LogP contribution in [0.2, 0.25) is 0 Å². The first-order valence-corrected chi connectivity index (χ1v) is 7.95. The predicted molar refractivity (Wildman–Crippen MR) is 88.8 cm³/mol. The van der Waals surface area contributed by atoms with Crippen molar-refractivity contribution in [3.05, 3.63) is 47.8 Å². The summed E-state index contributed by atoms with van der Waals surface area (Å²) in [6.07, 6.45) is 4.37. The zero-order valence-corrected chi connectivity index (χ0v) is 13.9. The van der Waals surface area contributed by atoms with Crippen LogP contribution in [0.1, 0.15) is 35.2 Å². The highest BCUT2D eigenvalue weighted by Crippen LogP contribution is 2.07. The molecule has 0 fully saturated rings. The van der Waals surface area contributed by atoms with Gasteiger partial charge in [0.2, 0.25) is 0 Å². The molecular formula is C17H23N3O4. The molecule has 0 saturated carbocycles. The molecule has 0 radical (unpaired) electrons.